The fraction of sp³-hybridized carbons (Fsp3) is 0.250. The van der Waals surface area contributed by atoms with E-state index >= 15 is 0 Å². The van der Waals surface area contributed by atoms with Crippen molar-refractivity contribution in [1.29, 1.82) is 0 Å². The number of rotatable bonds is 2. The summed E-state index contributed by atoms with van der Waals surface area (Å²) in [6.07, 6.45) is 0.0393. The molecule has 0 aliphatic heterocycles. The number of halogens is 3. The van der Waals surface area contributed by atoms with E-state index in [9.17, 15) is 17.7 Å². The Morgan fingerprint density at radius 3 is 2.23 bits per heavy atom. The maximum Gasteiger partial charge on any atom is 1.00 e. The van der Waals surface area contributed by atoms with Crippen molar-refractivity contribution in [1.82, 2.24) is 15.0 Å². The first-order valence-electron chi connectivity index (χ1n) is 3.01. The second kappa shape index (κ2) is 4.69. The molecule has 1 rings (SSSR count). The molecule has 0 aliphatic rings. The van der Waals surface area contributed by atoms with E-state index in [-0.39, 0.29) is 57.7 Å². The Morgan fingerprint density at radius 2 is 1.92 bits per heavy atom. The van der Waals surface area contributed by atoms with Crippen LogP contribution < -0.4 is 57.0 Å². The predicted molar refractivity (Wildman–Crippen MR) is 35.1 cm³/mol. The van der Waals surface area contributed by atoms with E-state index in [0.29, 0.717) is 4.80 Å². The van der Waals surface area contributed by atoms with Gasteiger partial charge in [0.15, 0.2) is 6.29 Å². The molecule has 66 valence electrons. The number of carbonyl (C=O) groups is 1. The molecular formula is C4H4BF3KN3O. The van der Waals surface area contributed by atoms with E-state index < -0.39 is 18.3 Å². The van der Waals surface area contributed by atoms with E-state index in [0.717, 1.165) is 0 Å². The Hall–Kier alpha value is 0.301. The van der Waals surface area contributed by atoms with E-state index in [1.807, 2.05) is 0 Å². The molecule has 0 amide bonds. The second-order valence-electron chi connectivity index (χ2n) is 2.15. The molecule has 1 aromatic rings. The summed E-state index contributed by atoms with van der Waals surface area (Å²) in [6.45, 7) is -5.24. The van der Waals surface area contributed by atoms with Crippen molar-refractivity contribution in [3.05, 3.63) is 5.69 Å². The number of hydrogen-bond acceptors (Lipinski definition) is 3. The van der Waals surface area contributed by atoms with Gasteiger partial charge in [0.25, 0.3) is 0 Å². The van der Waals surface area contributed by atoms with Gasteiger partial charge in [0.2, 0.25) is 0 Å². The Balaban J connectivity index is 0.00000144. The average Bonchev–Trinajstić information content (AvgIpc) is 2.29. The third-order valence-electron chi connectivity index (χ3n) is 1.19. The van der Waals surface area contributed by atoms with Crippen molar-refractivity contribution in [3.63, 3.8) is 0 Å². The Kier molecular flexibility index (Phi) is 4.80. The zero-order chi connectivity index (χ0) is 9.35. The van der Waals surface area contributed by atoms with Gasteiger partial charge in [-0.1, -0.05) is 0 Å². The first-order valence-corrected chi connectivity index (χ1v) is 3.01. The maximum atomic E-state index is 12.0. The van der Waals surface area contributed by atoms with Crippen LogP contribution in [0.2, 0.25) is 0 Å². The molecule has 0 saturated heterocycles. The molecule has 0 aromatic carbocycles. The average molecular weight is 217 g/mol. The molecule has 9 heteroatoms. The molecule has 0 saturated carbocycles. The van der Waals surface area contributed by atoms with Crippen molar-refractivity contribution in [3.8, 4) is 0 Å². The molecule has 0 radical (unpaired) electrons. The van der Waals surface area contributed by atoms with Crippen molar-refractivity contribution in [2.45, 2.75) is 0 Å². The number of aldehydes is 1. The van der Waals surface area contributed by atoms with Crippen LogP contribution in [0.5, 0.6) is 0 Å². The van der Waals surface area contributed by atoms with Crippen LogP contribution in [-0.4, -0.2) is 28.3 Å². The van der Waals surface area contributed by atoms with Crippen LogP contribution in [0.15, 0.2) is 0 Å². The van der Waals surface area contributed by atoms with Crippen molar-refractivity contribution in [2.24, 2.45) is 7.05 Å². The zero-order valence-electron chi connectivity index (χ0n) is 7.04. The Bertz CT molecular complexity index is 312. The van der Waals surface area contributed by atoms with E-state index in [4.69, 9.17) is 0 Å². The SMILES string of the molecule is Cn1nc(C=O)c([B-](F)(F)F)n1.[K+]. The summed E-state index contributed by atoms with van der Waals surface area (Å²) in [4.78, 5) is 10.8. The molecule has 4 nitrogen and oxygen atoms in total. The quantitative estimate of drug-likeness (QED) is 0.385. The molecule has 0 unspecified atom stereocenters. The number of aromatic nitrogens is 3. The normalized spacial score (nSPS) is 10.8. The topological polar surface area (TPSA) is 47.8 Å². The fourth-order valence-corrected chi connectivity index (χ4v) is 0.754. The van der Waals surface area contributed by atoms with Gasteiger partial charge in [-0.2, -0.15) is 15.0 Å². The van der Waals surface area contributed by atoms with Gasteiger partial charge < -0.3 is 12.9 Å². The summed E-state index contributed by atoms with van der Waals surface area (Å²) in [7, 11) is 1.22. The van der Waals surface area contributed by atoms with Crippen LogP contribution in [-0.2, 0) is 7.05 Å². The van der Waals surface area contributed by atoms with Gasteiger partial charge in [-0.3, -0.25) is 4.79 Å². The number of carbonyl (C=O) groups excluding carboxylic acids is 1. The van der Waals surface area contributed by atoms with Crippen LogP contribution in [0.1, 0.15) is 10.5 Å². The molecule has 0 aliphatic carbocycles. The van der Waals surface area contributed by atoms with Gasteiger partial charge in [0, 0.05) is 12.6 Å². The van der Waals surface area contributed by atoms with E-state index in [2.05, 4.69) is 10.2 Å². The largest absolute Gasteiger partial charge is 1.00 e. The third kappa shape index (κ3) is 3.17. The first kappa shape index (κ1) is 13.3. The molecule has 1 heterocycles. The van der Waals surface area contributed by atoms with E-state index in [1.54, 1.807) is 0 Å². The summed E-state index contributed by atoms with van der Waals surface area (Å²) in [5.41, 5.74) is -1.85. The standard InChI is InChI=1S/C4H4BF3N3O.K/c1-11-9-3(2-12)4(10-11)5(6,7)8;/h2H,1H3;/q-1;+1. The Labute approximate surface area is 114 Å². The summed E-state index contributed by atoms with van der Waals surface area (Å²) < 4.78 is 36.1. The summed E-state index contributed by atoms with van der Waals surface area (Å²) in [5, 5.41) is 6.26. The van der Waals surface area contributed by atoms with Crippen LogP contribution in [0.3, 0.4) is 0 Å². The number of aryl methyl sites for hydroxylation is 1. The summed E-state index contributed by atoms with van der Waals surface area (Å²) in [5.74, 6) is 0. The molecule has 0 bridgehead atoms. The third-order valence-corrected chi connectivity index (χ3v) is 1.19. The number of nitrogens with zero attached hydrogens (tertiary/aromatic N) is 3. The first-order chi connectivity index (χ1) is 5.45. The van der Waals surface area contributed by atoms with Gasteiger partial charge in [-0.25, -0.2) is 0 Å². The predicted octanol–water partition coefficient (Wildman–Crippen LogP) is -3.31. The van der Waals surface area contributed by atoms with Gasteiger partial charge in [-0.05, 0) is 0 Å². The Morgan fingerprint density at radius 1 is 1.38 bits per heavy atom. The maximum absolute atomic E-state index is 12.0. The van der Waals surface area contributed by atoms with E-state index in [1.165, 1.54) is 7.05 Å². The summed E-state index contributed by atoms with van der Waals surface area (Å²) in [6, 6.07) is 0. The van der Waals surface area contributed by atoms with Crippen molar-refractivity contribution >= 4 is 18.9 Å². The summed E-state index contributed by atoms with van der Waals surface area (Å²) >= 11 is 0. The molecule has 0 atom stereocenters. The fourth-order valence-electron chi connectivity index (χ4n) is 0.754. The second-order valence-corrected chi connectivity index (χ2v) is 2.15. The van der Waals surface area contributed by atoms with Crippen LogP contribution >= 0.6 is 0 Å². The van der Waals surface area contributed by atoms with Crippen molar-refractivity contribution < 1.29 is 69.1 Å². The van der Waals surface area contributed by atoms with Gasteiger partial charge in [0.1, 0.15) is 5.69 Å². The van der Waals surface area contributed by atoms with Crippen molar-refractivity contribution in [2.75, 3.05) is 0 Å². The smallest absolute Gasteiger partial charge is 0.444 e. The minimum Gasteiger partial charge on any atom is -0.444 e. The number of hydrogen-bond donors (Lipinski definition) is 0. The van der Waals surface area contributed by atoms with Crippen LogP contribution in [0, 0.1) is 0 Å². The van der Waals surface area contributed by atoms with Gasteiger partial charge >= 0.3 is 58.4 Å². The molecule has 0 N–H and O–H groups in total. The minimum atomic E-state index is -5.24. The van der Waals surface area contributed by atoms with Gasteiger partial charge in [-0.15, -0.1) is 0 Å². The molecule has 0 spiro atoms. The molecule has 0 fully saturated rings. The van der Waals surface area contributed by atoms with Crippen LogP contribution in [0.25, 0.3) is 0 Å². The molecular weight excluding hydrogens is 213 g/mol. The van der Waals surface area contributed by atoms with Crippen LogP contribution in [0.4, 0.5) is 12.9 Å². The van der Waals surface area contributed by atoms with Gasteiger partial charge in [0.05, 0.1) is 0 Å². The zero-order valence-corrected chi connectivity index (χ0v) is 10.2. The molecule has 13 heavy (non-hydrogen) atoms. The molecule has 1 aromatic heterocycles. The monoisotopic (exact) mass is 217 g/mol. The minimum absolute atomic E-state index is 0.